The first-order chi connectivity index (χ1) is 7.68. The lowest BCUT2D eigenvalue weighted by atomic mass is 9.93. The highest BCUT2D eigenvalue weighted by atomic mass is 35.5. The number of hydrogen-bond donors (Lipinski definition) is 0. The number of carbonyl (C=O) groups excluding carboxylic acids is 1. The van der Waals surface area contributed by atoms with Gasteiger partial charge in [-0.25, -0.2) is 0 Å². The van der Waals surface area contributed by atoms with E-state index in [4.69, 9.17) is 27.9 Å². The molecule has 1 atom stereocenters. The molecule has 1 aromatic rings. The van der Waals surface area contributed by atoms with Gasteiger partial charge in [-0.05, 0) is 31.0 Å². The molecule has 4 heteroatoms. The summed E-state index contributed by atoms with van der Waals surface area (Å²) in [7, 11) is 0. The molecule has 1 heterocycles. The number of benzene rings is 1. The molecule has 1 fully saturated rings. The number of ether oxygens (including phenoxy) is 1. The highest BCUT2D eigenvalue weighted by Gasteiger charge is 2.24. The zero-order valence-electron chi connectivity index (χ0n) is 8.71. The number of hydrogen-bond acceptors (Lipinski definition) is 2. The standard InChI is InChI=1S/C12H12Cl2O2/c13-9-3-4-10(11(14)6-9)12(15)8-2-1-5-16-7-8/h3-4,6,8H,1-2,5,7H2. The Hall–Kier alpha value is -0.570. The molecule has 0 N–H and O–H groups in total. The topological polar surface area (TPSA) is 26.3 Å². The van der Waals surface area contributed by atoms with Crippen LogP contribution in [0.15, 0.2) is 18.2 Å². The van der Waals surface area contributed by atoms with Crippen LogP contribution >= 0.6 is 23.2 Å². The molecule has 2 rings (SSSR count). The molecule has 1 aliphatic heterocycles. The molecule has 0 saturated carbocycles. The lowest BCUT2D eigenvalue weighted by Gasteiger charge is -2.21. The smallest absolute Gasteiger partial charge is 0.169 e. The minimum absolute atomic E-state index is 0.0568. The molecule has 1 aliphatic rings. The lowest BCUT2D eigenvalue weighted by molar-refractivity contribution is 0.0461. The summed E-state index contributed by atoms with van der Waals surface area (Å²) in [5.41, 5.74) is 0.543. The predicted octanol–water partition coefficient (Wildman–Crippen LogP) is 3.60. The zero-order valence-corrected chi connectivity index (χ0v) is 10.2. The third kappa shape index (κ3) is 2.57. The Labute approximate surface area is 104 Å². The molecule has 1 aromatic carbocycles. The molecular weight excluding hydrogens is 247 g/mol. The van der Waals surface area contributed by atoms with Gasteiger partial charge in [-0.1, -0.05) is 23.2 Å². The molecule has 0 bridgehead atoms. The molecule has 0 radical (unpaired) electrons. The number of Topliss-reactive ketones (excluding diaryl/α,β-unsaturated/α-hetero) is 1. The summed E-state index contributed by atoms with van der Waals surface area (Å²) < 4.78 is 5.30. The molecule has 1 unspecified atom stereocenters. The maximum absolute atomic E-state index is 12.1. The largest absolute Gasteiger partial charge is 0.381 e. The van der Waals surface area contributed by atoms with Crippen molar-refractivity contribution in [2.75, 3.05) is 13.2 Å². The maximum Gasteiger partial charge on any atom is 0.169 e. The lowest BCUT2D eigenvalue weighted by Crippen LogP contribution is -2.25. The minimum Gasteiger partial charge on any atom is -0.381 e. The molecule has 2 nitrogen and oxygen atoms in total. The van der Waals surface area contributed by atoms with Gasteiger partial charge in [0.1, 0.15) is 0 Å². The third-order valence-corrected chi connectivity index (χ3v) is 3.28. The van der Waals surface area contributed by atoms with Gasteiger partial charge < -0.3 is 4.74 Å². The van der Waals surface area contributed by atoms with Crippen molar-refractivity contribution in [3.63, 3.8) is 0 Å². The van der Waals surface area contributed by atoms with E-state index in [1.165, 1.54) is 0 Å². The number of carbonyl (C=O) groups is 1. The summed E-state index contributed by atoms with van der Waals surface area (Å²) in [5.74, 6) is -0.00575. The normalized spacial score (nSPS) is 20.8. The summed E-state index contributed by atoms with van der Waals surface area (Å²) in [6, 6.07) is 4.96. The summed E-state index contributed by atoms with van der Waals surface area (Å²) in [6.45, 7) is 1.25. The van der Waals surface area contributed by atoms with Gasteiger partial charge in [-0.2, -0.15) is 0 Å². The number of rotatable bonds is 2. The second-order valence-corrected chi connectivity index (χ2v) is 4.75. The highest BCUT2D eigenvalue weighted by molar-refractivity contribution is 6.36. The summed E-state index contributed by atoms with van der Waals surface area (Å²) in [4.78, 5) is 12.1. The van der Waals surface area contributed by atoms with Gasteiger partial charge in [0.25, 0.3) is 0 Å². The quantitative estimate of drug-likeness (QED) is 0.758. The van der Waals surface area contributed by atoms with E-state index >= 15 is 0 Å². The first kappa shape index (κ1) is 11.9. The second kappa shape index (κ2) is 5.17. The Morgan fingerprint density at radius 1 is 1.38 bits per heavy atom. The SMILES string of the molecule is O=C(c1ccc(Cl)cc1Cl)C1CCCOC1. The van der Waals surface area contributed by atoms with Crippen LogP contribution < -0.4 is 0 Å². The van der Waals surface area contributed by atoms with Crippen LogP contribution in [0.1, 0.15) is 23.2 Å². The Balaban J connectivity index is 2.19. The van der Waals surface area contributed by atoms with E-state index in [-0.39, 0.29) is 11.7 Å². The van der Waals surface area contributed by atoms with Gasteiger partial charge in [0, 0.05) is 23.1 Å². The molecule has 86 valence electrons. The van der Waals surface area contributed by atoms with Gasteiger partial charge >= 0.3 is 0 Å². The maximum atomic E-state index is 12.1. The van der Waals surface area contributed by atoms with Crippen molar-refractivity contribution in [2.45, 2.75) is 12.8 Å². The minimum atomic E-state index is -0.0626. The van der Waals surface area contributed by atoms with Crippen molar-refractivity contribution in [1.29, 1.82) is 0 Å². The number of halogens is 2. The predicted molar refractivity (Wildman–Crippen MR) is 64.3 cm³/mol. The van der Waals surface area contributed by atoms with Gasteiger partial charge in [-0.3, -0.25) is 4.79 Å². The van der Waals surface area contributed by atoms with Crippen LogP contribution in [0.3, 0.4) is 0 Å². The van der Waals surface area contributed by atoms with Crippen LogP contribution in [0, 0.1) is 5.92 Å². The van der Waals surface area contributed by atoms with E-state index in [1.807, 2.05) is 0 Å². The van der Waals surface area contributed by atoms with Crippen LogP contribution in [0.4, 0.5) is 0 Å². The molecule has 0 aliphatic carbocycles. The van der Waals surface area contributed by atoms with Crippen molar-refractivity contribution in [3.05, 3.63) is 33.8 Å². The average molecular weight is 259 g/mol. The highest BCUT2D eigenvalue weighted by Crippen LogP contribution is 2.26. The summed E-state index contributed by atoms with van der Waals surface area (Å²) in [5, 5.41) is 0.963. The Bertz CT molecular complexity index is 398. The Kier molecular flexibility index (Phi) is 3.85. The molecule has 1 saturated heterocycles. The van der Waals surface area contributed by atoms with Gasteiger partial charge in [0.15, 0.2) is 5.78 Å². The van der Waals surface area contributed by atoms with E-state index in [1.54, 1.807) is 18.2 Å². The van der Waals surface area contributed by atoms with E-state index in [9.17, 15) is 4.79 Å². The molecule has 0 aromatic heterocycles. The van der Waals surface area contributed by atoms with E-state index in [0.29, 0.717) is 22.2 Å². The second-order valence-electron chi connectivity index (χ2n) is 3.90. The van der Waals surface area contributed by atoms with Crippen LogP contribution in [-0.4, -0.2) is 19.0 Å². The van der Waals surface area contributed by atoms with Crippen molar-refractivity contribution in [3.8, 4) is 0 Å². The fourth-order valence-electron chi connectivity index (χ4n) is 1.86. The van der Waals surface area contributed by atoms with E-state index in [0.717, 1.165) is 19.4 Å². The third-order valence-electron chi connectivity index (χ3n) is 2.73. The van der Waals surface area contributed by atoms with Crippen molar-refractivity contribution >= 4 is 29.0 Å². The van der Waals surface area contributed by atoms with Crippen LogP contribution in [0.25, 0.3) is 0 Å². The number of ketones is 1. The molecule has 0 spiro atoms. The van der Waals surface area contributed by atoms with Crippen LogP contribution in [0.2, 0.25) is 10.0 Å². The Morgan fingerprint density at radius 2 is 2.19 bits per heavy atom. The molecular formula is C12H12Cl2O2. The fraction of sp³-hybridized carbons (Fsp3) is 0.417. The van der Waals surface area contributed by atoms with Gasteiger partial charge in [0.2, 0.25) is 0 Å². The summed E-state index contributed by atoms with van der Waals surface area (Å²) in [6.07, 6.45) is 1.80. The zero-order chi connectivity index (χ0) is 11.5. The van der Waals surface area contributed by atoms with Gasteiger partial charge in [-0.15, -0.1) is 0 Å². The molecule has 16 heavy (non-hydrogen) atoms. The molecule has 0 amide bonds. The Morgan fingerprint density at radius 3 is 2.81 bits per heavy atom. The van der Waals surface area contributed by atoms with Crippen LogP contribution in [-0.2, 0) is 4.74 Å². The van der Waals surface area contributed by atoms with Crippen molar-refractivity contribution in [2.24, 2.45) is 5.92 Å². The van der Waals surface area contributed by atoms with E-state index in [2.05, 4.69) is 0 Å². The first-order valence-corrected chi connectivity index (χ1v) is 6.01. The average Bonchev–Trinajstić information content (AvgIpc) is 2.29. The first-order valence-electron chi connectivity index (χ1n) is 5.25. The summed E-state index contributed by atoms with van der Waals surface area (Å²) >= 11 is 11.8. The van der Waals surface area contributed by atoms with Crippen molar-refractivity contribution < 1.29 is 9.53 Å². The van der Waals surface area contributed by atoms with Gasteiger partial charge in [0.05, 0.1) is 11.6 Å². The van der Waals surface area contributed by atoms with Crippen molar-refractivity contribution in [1.82, 2.24) is 0 Å². The van der Waals surface area contributed by atoms with Crippen LogP contribution in [0.5, 0.6) is 0 Å². The fourth-order valence-corrected chi connectivity index (χ4v) is 2.36. The van der Waals surface area contributed by atoms with E-state index < -0.39 is 0 Å². The monoisotopic (exact) mass is 258 g/mol.